The normalized spacial score (nSPS) is 52.4. The maximum Gasteiger partial charge on any atom is 0.306 e. The Kier molecular flexibility index (Phi) is 6.79. The first kappa shape index (κ1) is 30.3. The lowest BCUT2D eigenvalue weighted by Gasteiger charge is -2.63. The minimum atomic E-state index is -1.25. The molecule has 1 saturated heterocycles. The summed E-state index contributed by atoms with van der Waals surface area (Å²) in [5, 5.41) is 34.6. The highest BCUT2D eigenvalue weighted by Crippen LogP contribution is 2.89. The molecule has 0 amide bonds. The van der Waals surface area contributed by atoms with Gasteiger partial charge >= 0.3 is 5.97 Å². The number of hydrogen-bond donors (Lipinski definition) is 3. The minimum Gasteiger partial charge on any atom is -0.457 e. The number of carbonyl (C=O) groups excluding carboxylic acids is 1. The highest BCUT2D eigenvalue weighted by molar-refractivity contribution is 5.70. The van der Waals surface area contributed by atoms with E-state index in [-0.39, 0.29) is 57.6 Å². The van der Waals surface area contributed by atoms with Crippen LogP contribution in [-0.4, -0.2) is 57.4 Å². The van der Waals surface area contributed by atoms with Gasteiger partial charge in [-0.3, -0.25) is 4.79 Å². The van der Waals surface area contributed by atoms with E-state index in [1.165, 1.54) is 12.8 Å². The Bertz CT molecular complexity index is 1060. The van der Waals surface area contributed by atoms with Crippen molar-refractivity contribution < 1.29 is 29.6 Å². The molecule has 0 radical (unpaired) electrons. The van der Waals surface area contributed by atoms with Crippen molar-refractivity contribution in [2.24, 2.45) is 56.7 Å². The second-order valence-corrected chi connectivity index (χ2v) is 17.7. The van der Waals surface area contributed by atoms with Crippen molar-refractivity contribution in [1.29, 1.82) is 0 Å². The van der Waals surface area contributed by atoms with Crippen molar-refractivity contribution in [2.75, 3.05) is 0 Å². The van der Waals surface area contributed by atoms with Crippen LogP contribution in [0, 0.1) is 56.7 Å². The molecule has 0 aromatic carbocycles. The molecular weight excluding hydrogens is 516 g/mol. The van der Waals surface area contributed by atoms with Crippen LogP contribution in [0.1, 0.15) is 120 Å². The van der Waals surface area contributed by atoms with Gasteiger partial charge in [0.05, 0.1) is 30.0 Å². The molecular formula is C35H58O6. The fourth-order valence-corrected chi connectivity index (χ4v) is 12.7. The number of esters is 1. The monoisotopic (exact) mass is 574 g/mol. The second kappa shape index (κ2) is 9.17. The minimum absolute atomic E-state index is 0.0454. The Labute approximate surface area is 248 Å². The zero-order valence-corrected chi connectivity index (χ0v) is 27.2. The highest BCUT2D eigenvalue weighted by atomic mass is 16.6. The molecule has 6 fully saturated rings. The lowest BCUT2D eigenvalue weighted by atomic mass is 9.41. The van der Waals surface area contributed by atoms with E-state index >= 15 is 0 Å². The SMILES string of the molecule is CC(C)CC(=O)OC(C1C[C@@H](C)[C@H]2C(O1)[C@H](O)[C@@]1(C)C3CC[C@H]4C(C)(C)C(O)CCC45CC35CCC21C)C(C)(C)O. The molecule has 0 bridgehead atoms. The fourth-order valence-electron chi connectivity index (χ4n) is 12.7. The van der Waals surface area contributed by atoms with E-state index in [1.54, 1.807) is 13.8 Å². The van der Waals surface area contributed by atoms with Gasteiger partial charge in [-0.2, -0.15) is 0 Å². The van der Waals surface area contributed by atoms with E-state index in [9.17, 15) is 20.1 Å². The van der Waals surface area contributed by atoms with Gasteiger partial charge < -0.3 is 24.8 Å². The molecule has 6 heteroatoms. The zero-order chi connectivity index (χ0) is 30.1. The Morgan fingerprint density at radius 3 is 2.27 bits per heavy atom. The number of rotatable bonds is 5. The van der Waals surface area contributed by atoms with Gasteiger partial charge in [-0.15, -0.1) is 0 Å². The first-order chi connectivity index (χ1) is 18.9. The van der Waals surface area contributed by atoms with Crippen LogP contribution < -0.4 is 0 Å². The van der Waals surface area contributed by atoms with Crippen LogP contribution >= 0.6 is 0 Å². The van der Waals surface area contributed by atoms with Crippen molar-refractivity contribution >= 4 is 5.97 Å². The molecule has 5 aliphatic carbocycles. The molecule has 234 valence electrons. The maximum atomic E-state index is 12.8. The standard InChI is InChI=1S/C35H58O6/c1-19(2)16-25(37)41-29(31(6,7)39)21-17-20(3)26-27(40-21)28(38)33(9)23-11-10-22-30(4,5)24(36)12-13-34(22)18-35(23,34)15-14-32(26,33)8/h19-24,26-29,36,38-39H,10-18H2,1-9H3/t20-,21?,22+,23?,24?,26+,27?,28+,29?,32?,33-,34?,35?/m1/s1. The van der Waals surface area contributed by atoms with E-state index in [4.69, 9.17) is 9.47 Å². The summed E-state index contributed by atoms with van der Waals surface area (Å²) < 4.78 is 12.8. The number of aliphatic hydroxyl groups is 3. The van der Waals surface area contributed by atoms with Gasteiger partial charge in [0.15, 0.2) is 6.10 Å². The summed E-state index contributed by atoms with van der Waals surface area (Å²) in [7, 11) is 0. The van der Waals surface area contributed by atoms with Gasteiger partial charge in [-0.25, -0.2) is 0 Å². The van der Waals surface area contributed by atoms with Crippen LogP contribution in [0.5, 0.6) is 0 Å². The van der Waals surface area contributed by atoms with Gasteiger partial charge in [0.2, 0.25) is 0 Å². The van der Waals surface area contributed by atoms with Crippen molar-refractivity contribution in [2.45, 2.75) is 156 Å². The van der Waals surface area contributed by atoms with Crippen molar-refractivity contribution in [3.05, 3.63) is 0 Å². The molecule has 6 nitrogen and oxygen atoms in total. The average molecular weight is 575 g/mol. The molecule has 13 atom stereocenters. The predicted octanol–water partition coefficient (Wildman–Crippen LogP) is 5.89. The van der Waals surface area contributed by atoms with Crippen LogP contribution in [0.25, 0.3) is 0 Å². The number of carbonyl (C=O) groups is 1. The van der Waals surface area contributed by atoms with Gasteiger partial charge in [0.1, 0.15) is 0 Å². The van der Waals surface area contributed by atoms with E-state index in [2.05, 4.69) is 34.6 Å². The van der Waals surface area contributed by atoms with E-state index in [0.29, 0.717) is 30.1 Å². The van der Waals surface area contributed by atoms with Gasteiger partial charge in [0, 0.05) is 11.8 Å². The van der Waals surface area contributed by atoms with Crippen LogP contribution in [0.3, 0.4) is 0 Å². The van der Waals surface area contributed by atoms with E-state index < -0.39 is 23.9 Å². The fraction of sp³-hybridized carbons (Fsp3) is 0.971. The molecule has 0 aromatic heterocycles. The molecule has 8 unspecified atom stereocenters. The average Bonchev–Trinajstić information content (AvgIpc) is 3.49. The molecule has 1 aliphatic heterocycles. The number of ether oxygens (including phenoxy) is 2. The number of fused-ring (bicyclic) bond motifs is 4. The second-order valence-electron chi connectivity index (χ2n) is 17.7. The molecule has 6 rings (SSSR count). The molecule has 1 heterocycles. The van der Waals surface area contributed by atoms with Crippen molar-refractivity contribution in [3.8, 4) is 0 Å². The maximum absolute atomic E-state index is 12.8. The Balaban J connectivity index is 1.31. The first-order valence-corrected chi connectivity index (χ1v) is 16.8. The van der Waals surface area contributed by atoms with Crippen LogP contribution in [0.4, 0.5) is 0 Å². The van der Waals surface area contributed by atoms with Gasteiger partial charge in [0.25, 0.3) is 0 Å². The topological polar surface area (TPSA) is 96.2 Å². The lowest BCUT2D eigenvalue weighted by molar-refractivity contribution is -0.217. The Morgan fingerprint density at radius 1 is 1.00 bits per heavy atom. The van der Waals surface area contributed by atoms with E-state index in [1.807, 2.05) is 13.8 Å². The molecule has 3 N–H and O–H groups in total. The number of hydrogen-bond acceptors (Lipinski definition) is 6. The third-order valence-electron chi connectivity index (χ3n) is 14.7. The smallest absolute Gasteiger partial charge is 0.306 e. The largest absolute Gasteiger partial charge is 0.457 e. The van der Waals surface area contributed by atoms with Crippen molar-refractivity contribution in [3.63, 3.8) is 0 Å². The summed E-state index contributed by atoms with van der Waals surface area (Å²) in [6.45, 7) is 19.1. The zero-order valence-electron chi connectivity index (χ0n) is 27.2. The molecule has 2 spiro atoms. The Morgan fingerprint density at radius 2 is 1.63 bits per heavy atom. The van der Waals surface area contributed by atoms with Crippen LogP contribution in [0.2, 0.25) is 0 Å². The molecule has 6 aliphatic rings. The van der Waals surface area contributed by atoms with Crippen LogP contribution in [0.15, 0.2) is 0 Å². The quantitative estimate of drug-likeness (QED) is 0.355. The third-order valence-corrected chi connectivity index (χ3v) is 14.7. The summed E-state index contributed by atoms with van der Waals surface area (Å²) in [4.78, 5) is 12.8. The summed E-state index contributed by atoms with van der Waals surface area (Å²) >= 11 is 0. The molecule has 0 aromatic rings. The summed E-state index contributed by atoms with van der Waals surface area (Å²) in [6.07, 6.45) is 6.47. The summed E-state index contributed by atoms with van der Waals surface area (Å²) in [5.41, 5.74) is -1.05. The summed E-state index contributed by atoms with van der Waals surface area (Å²) in [5.74, 6) is 1.36. The van der Waals surface area contributed by atoms with Gasteiger partial charge in [-0.1, -0.05) is 48.5 Å². The third kappa shape index (κ3) is 3.84. The molecule has 5 saturated carbocycles. The van der Waals surface area contributed by atoms with E-state index in [0.717, 1.165) is 32.1 Å². The predicted molar refractivity (Wildman–Crippen MR) is 158 cm³/mol. The van der Waals surface area contributed by atoms with Crippen molar-refractivity contribution in [1.82, 2.24) is 0 Å². The number of aliphatic hydroxyl groups excluding tert-OH is 2. The Hall–Kier alpha value is -0.690. The van der Waals surface area contributed by atoms with Gasteiger partial charge in [-0.05, 0) is 116 Å². The molecule has 41 heavy (non-hydrogen) atoms. The van der Waals surface area contributed by atoms with Crippen LogP contribution in [-0.2, 0) is 14.3 Å². The summed E-state index contributed by atoms with van der Waals surface area (Å²) in [6, 6.07) is 0. The highest BCUT2D eigenvalue weighted by Gasteiger charge is 2.84. The first-order valence-electron chi connectivity index (χ1n) is 16.8. The lowest BCUT2D eigenvalue weighted by Crippen LogP contribution is -2.59.